The number of amides is 2. The molecule has 0 heterocycles. The molecule has 124 valence electrons. The summed E-state index contributed by atoms with van der Waals surface area (Å²) >= 11 is 0. The molecule has 0 aliphatic carbocycles. The largest absolute Gasteiger partial charge is 0.496 e. The summed E-state index contributed by atoms with van der Waals surface area (Å²) in [6.07, 6.45) is 3.90. The van der Waals surface area contributed by atoms with Gasteiger partial charge in [-0.2, -0.15) is 0 Å². The van der Waals surface area contributed by atoms with E-state index in [0.29, 0.717) is 18.6 Å². The van der Waals surface area contributed by atoms with Crippen molar-refractivity contribution >= 4 is 17.9 Å². The van der Waals surface area contributed by atoms with Crippen LogP contribution in [0.3, 0.4) is 0 Å². The topological polar surface area (TPSA) is 67.4 Å². The van der Waals surface area contributed by atoms with Crippen molar-refractivity contribution in [1.82, 2.24) is 10.9 Å². The van der Waals surface area contributed by atoms with E-state index in [2.05, 4.69) is 10.9 Å². The van der Waals surface area contributed by atoms with Gasteiger partial charge in [0.15, 0.2) is 0 Å². The minimum absolute atomic E-state index is 0.238. The molecule has 2 aromatic rings. The molecule has 2 N–H and O–H groups in total. The normalized spacial score (nSPS) is 10.4. The Bertz CT molecular complexity index is 712. The van der Waals surface area contributed by atoms with E-state index >= 15 is 0 Å². The number of para-hydroxylation sites is 1. The molecule has 2 rings (SSSR count). The molecule has 0 spiro atoms. The number of methoxy groups -OCH3 is 1. The van der Waals surface area contributed by atoms with Crippen molar-refractivity contribution in [2.45, 2.75) is 12.8 Å². The zero-order valence-electron chi connectivity index (χ0n) is 13.5. The molecule has 5 nitrogen and oxygen atoms in total. The van der Waals surface area contributed by atoms with Gasteiger partial charge in [0.05, 0.1) is 7.11 Å². The molecule has 24 heavy (non-hydrogen) atoms. The second-order valence-corrected chi connectivity index (χ2v) is 5.10. The van der Waals surface area contributed by atoms with Crippen LogP contribution in [0.5, 0.6) is 5.75 Å². The number of ether oxygens (including phenoxy) is 1. The standard InChI is InChI=1S/C19H20N2O3/c1-24-17-10-6-5-9-16(17)12-14-19(23)21-20-18(22)13-11-15-7-3-2-4-8-15/h2-10,12,14H,11,13H2,1H3,(H,20,22)(H,21,23). The third-order valence-corrected chi connectivity index (χ3v) is 3.36. The Morgan fingerprint density at radius 1 is 1.00 bits per heavy atom. The second kappa shape index (κ2) is 9.15. The summed E-state index contributed by atoms with van der Waals surface area (Å²) in [7, 11) is 1.57. The Morgan fingerprint density at radius 3 is 2.46 bits per heavy atom. The van der Waals surface area contributed by atoms with E-state index in [0.717, 1.165) is 11.1 Å². The Balaban J connectivity index is 1.76. The van der Waals surface area contributed by atoms with Crippen LogP contribution in [0.15, 0.2) is 60.7 Å². The maximum absolute atomic E-state index is 11.7. The first-order chi connectivity index (χ1) is 11.7. The van der Waals surface area contributed by atoms with Gasteiger partial charge < -0.3 is 4.74 Å². The molecule has 0 aliphatic heterocycles. The molecule has 0 saturated heterocycles. The van der Waals surface area contributed by atoms with Crippen LogP contribution in [0.4, 0.5) is 0 Å². The van der Waals surface area contributed by atoms with E-state index in [1.54, 1.807) is 13.2 Å². The highest BCUT2D eigenvalue weighted by Gasteiger charge is 2.03. The first-order valence-corrected chi connectivity index (χ1v) is 7.63. The fourth-order valence-corrected chi connectivity index (χ4v) is 2.11. The van der Waals surface area contributed by atoms with Gasteiger partial charge in [-0.05, 0) is 24.1 Å². The molecular weight excluding hydrogens is 304 g/mol. The van der Waals surface area contributed by atoms with Gasteiger partial charge in [-0.15, -0.1) is 0 Å². The minimum atomic E-state index is -0.408. The molecule has 0 bridgehead atoms. The number of nitrogens with one attached hydrogen (secondary N) is 2. The van der Waals surface area contributed by atoms with Crippen molar-refractivity contribution in [2.75, 3.05) is 7.11 Å². The van der Waals surface area contributed by atoms with Gasteiger partial charge in [0, 0.05) is 18.1 Å². The van der Waals surface area contributed by atoms with Crippen LogP contribution in [0.1, 0.15) is 17.5 Å². The zero-order valence-corrected chi connectivity index (χ0v) is 13.5. The molecule has 0 radical (unpaired) electrons. The van der Waals surface area contributed by atoms with Crippen LogP contribution in [-0.4, -0.2) is 18.9 Å². The average molecular weight is 324 g/mol. The van der Waals surface area contributed by atoms with Crippen LogP contribution in [0.2, 0.25) is 0 Å². The smallest absolute Gasteiger partial charge is 0.262 e. The first-order valence-electron chi connectivity index (χ1n) is 7.63. The molecule has 0 fully saturated rings. The number of carbonyl (C=O) groups is 2. The molecule has 0 unspecified atom stereocenters. The molecule has 0 aromatic heterocycles. The van der Waals surface area contributed by atoms with Crippen molar-refractivity contribution in [3.05, 3.63) is 71.8 Å². The predicted octanol–water partition coefficient (Wildman–Crippen LogP) is 2.49. The summed E-state index contributed by atoms with van der Waals surface area (Å²) in [5.74, 6) is 0.0281. The highest BCUT2D eigenvalue weighted by atomic mass is 16.5. The van der Waals surface area contributed by atoms with Crippen LogP contribution in [-0.2, 0) is 16.0 Å². The number of hydrazine groups is 1. The predicted molar refractivity (Wildman–Crippen MR) is 93.1 cm³/mol. The summed E-state index contributed by atoms with van der Waals surface area (Å²) < 4.78 is 5.20. The van der Waals surface area contributed by atoms with Gasteiger partial charge in [-0.1, -0.05) is 48.5 Å². The Labute approximate surface area is 141 Å². The summed E-state index contributed by atoms with van der Waals surface area (Å²) in [4.78, 5) is 23.5. The maximum Gasteiger partial charge on any atom is 0.262 e. The number of hydrogen-bond acceptors (Lipinski definition) is 3. The van der Waals surface area contributed by atoms with E-state index in [-0.39, 0.29) is 5.91 Å². The van der Waals surface area contributed by atoms with E-state index in [4.69, 9.17) is 4.74 Å². The Hall–Kier alpha value is -3.08. The van der Waals surface area contributed by atoms with Crippen molar-refractivity contribution in [1.29, 1.82) is 0 Å². The second-order valence-electron chi connectivity index (χ2n) is 5.10. The van der Waals surface area contributed by atoms with Gasteiger partial charge >= 0.3 is 0 Å². The molecule has 0 atom stereocenters. The Morgan fingerprint density at radius 2 is 1.71 bits per heavy atom. The lowest BCUT2D eigenvalue weighted by molar-refractivity contribution is -0.126. The molecule has 2 amide bonds. The number of rotatable bonds is 6. The molecule has 5 heteroatoms. The lowest BCUT2D eigenvalue weighted by atomic mass is 10.1. The summed E-state index contributed by atoms with van der Waals surface area (Å²) in [5, 5.41) is 0. The van der Waals surface area contributed by atoms with Crippen molar-refractivity contribution in [3.8, 4) is 5.75 Å². The number of aryl methyl sites for hydroxylation is 1. The van der Waals surface area contributed by atoms with Gasteiger partial charge in [0.2, 0.25) is 5.91 Å². The van der Waals surface area contributed by atoms with Gasteiger partial charge in [0.25, 0.3) is 5.91 Å². The summed E-state index contributed by atoms with van der Waals surface area (Å²) in [5.41, 5.74) is 6.62. The number of hydrogen-bond donors (Lipinski definition) is 2. The highest BCUT2D eigenvalue weighted by molar-refractivity contribution is 5.93. The summed E-state index contributed by atoms with van der Waals surface area (Å²) in [6.45, 7) is 0. The highest BCUT2D eigenvalue weighted by Crippen LogP contribution is 2.18. The van der Waals surface area contributed by atoms with Crippen molar-refractivity contribution in [3.63, 3.8) is 0 Å². The van der Waals surface area contributed by atoms with Crippen LogP contribution < -0.4 is 15.6 Å². The third-order valence-electron chi connectivity index (χ3n) is 3.36. The molecular formula is C19H20N2O3. The van der Waals surface area contributed by atoms with E-state index in [1.807, 2.05) is 54.6 Å². The third kappa shape index (κ3) is 5.61. The van der Waals surface area contributed by atoms with Crippen LogP contribution in [0.25, 0.3) is 6.08 Å². The van der Waals surface area contributed by atoms with Crippen molar-refractivity contribution < 1.29 is 14.3 Å². The first kappa shape index (κ1) is 17.3. The molecule has 0 saturated carbocycles. The van der Waals surface area contributed by atoms with Crippen LogP contribution in [0, 0.1) is 0 Å². The van der Waals surface area contributed by atoms with Gasteiger partial charge in [0.1, 0.15) is 5.75 Å². The van der Waals surface area contributed by atoms with E-state index < -0.39 is 5.91 Å². The quantitative estimate of drug-likeness (QED) is 0.634. The van der Waals surface area contributed by atoms with Crippen LogP contribution >= 0.6 is 0 Å². The van der Waals surface area contributed by atoms with E-state index in [1.165, 1.54) is 6.08 Å². The number of carbonyl (C=O) groups excluding carboxylic acids is 2. The van der Waals surface area contributed by atoms with Gasteiger partial charge in [-0.3, -0.25) is 20.4 Å². The monoisotopic (exact) mass is 324 g/mol. The lowest BCUT2D eigenvalue weighted by Crippen LogP contribution is -2.40. The number of benzene rings is 2. The fourth-order valence-electron chi connectivity index (χ4n) is 2.11. The van der Waals surface area contributed by atoms with Crippen molar-refractivity contribution in [2.24, 2.45) is 0 Å². The molecule has 0 aliphatic rings. The Kier molecular flexibility index (Phi) is 6.58. The minimum Gasteiger partial charge on any atom is -0.496 e. The van der Waals surface area contributed by atoms with Gasteiger partial charge in [-0.25, -0.2) is 0 Å². The average Bonchev–Trinajstić information content (AvgIpc) is 2.64. The van der Waals surface area contributed by atoms with E-state index in [9.17, 15) is 9.59 Å². The SMILES string of the molecule is COc1ccccc1C=CC(=O)NNC(=O)CCc1ccccc1. The lowest BCUT2D eigenvalue weighted by Gasteiger charge is -2.06. The molecule has 2 aromatic carbocycles. The fraction of sp³-hybridized carbons (Fsp3) is 0.158. The maximum atomic E-state index is 11.7. The zero-order chi connectivity index (χ0) is 17.2. The summed E-state index contributed by atoms with van der Waals surface area (Å²) in [6, 6.07) is 17.1.